The second-order valence-corrected chi connectivity index (χ2v) is 5.82. The van der Waals surface area contributed by atoms with Crippen LogP contribution in [0.25, 0.3) is 0 Å². The van der Waals surface area contributed by atoms with E-state index in [-0.39, 0.29) is 12.4 Å². The predicted molar refractivity (Wildman–Crippen MR) is 59.9 cm³/mol. The molecule has 0 aromatic carbocycles. The SMILES string of the molecule is CC(C)=NCCOCCS(=O)(=O)C(C)O. The van der Waals surface area contributed by atoms with Gasteiger partial charge in [0.2, 0.25) is 0 Å². The Morgan fingerprint density at radius 3 is 2.47 bits per heavy atom. The monoisotopic (exact) mass is 237 g/mol. The van der Waals surface area contributed by atoms with Gasteiger partial charge in [0.15, 0.2) is 15.3 Å². The topological polar surface area (TPSA) is 76.0 Å². The minimum Gasteiger partial charge on any atom is -0.378 e. The van der Waals surface area contributed by atoms with Crippen molar-refractivity contribution in [3.05, 3.63) is 0 Å². The highest BCUT2D eigenvalue weighted by molar-refractivity contribution is 7.91. The Labute approximate surface area is 91.1 Å². The van der Waals surface area contributed by atoms with E-state index in [2.05, 4.69) is 4.99 Å². The van der Waals surface area contributed by atoms with Gasteiger partial charge in [-0.25, -0.2) is 8.42 Å². The lowest BCUT2D eigenvalue weighted by Gasteiger charge is -2.06. The summed E-state index contributed by atoms with van der Waals surface area (Å²) >= 11 is 0. The van der Waals surface area contributed by atoms with Gasteiger partial charge in [-0.05, 0) is 20.8 Å². The van der Waals surface area contributed by atoms with Crippen LogP contribution < -0.4 is 0 Å². The molecule has 90 valence electrons. The van der Waals surface area contributed by atoms with E-state index in [1.54, 1.807) is 0 Å². The molecule has 0 aromatic heterocycles. The fourth-order valence-electron chi connectivity index (χ4n) is 0.781. The Hall–Kier alpha value is -0.460. The van der Waals surface area contributed by atoms with Gasteiger partial charge in [0.25, 0.3) is 0 Å². The molecule has 5 nitrogen and oxygen atoms in total. The van der Waals surface area contributed by atoms with Crippen LogP contribution in [0.5, 0.6) is 0 Å². The molecule has 0 radical (unpaired) electrons. The van der Waals surface area contributed by atoms with Gasteiger partial charge in [-0.3, -0.25) is 4.99 Å². The summed E-state index contributed by atoms with van der Waals surface area (Å²) < 4.78 is 27.3. The summed E-state index contributed by atoms with van der Waals surface area (Å²) in [6.45, 7) is 6.05. The van der Waals surface area contributed by atoms with Gasteiger partial charge in [0.05, 0.1) is 25.5 Å². The van der Waals surface area contributed by atoms with Crippen LogP contribution >= 0.6 is 0 Å². The van der Waals surface area contributed by atoms with Crippen molar-refractivity contribution in [3.8, 4) is 0 Å². The lowest BCUT2D eigenvalue weighted by atomic mass is 10.5. The lowest BCUT2D eigenvalue weighted by Crippen LogP contribution is -2.23. The summed E-state index contributed by atoms with van der Waals surface area (Å²) in [5.41, 5.74) is -0.354. The molecule has 0 rings (SSSR count). The maximum Gasteiger partial charge on any atom is 0.178 e. The minimum absolute atomic E-state index is 0.103. The van der Waals surface area contributed by atoms with Crippen molar-refractivity contribution in [3.63, 3.8) is 0 Å². The van der Waals surface area contributed by atoms with Crippen molar-refractivity contribution in [2.75, 3.05) is 25.5 Å². The zero-order valence-electron chi connectivity index (χ0n) is 9.43. The van der Waals surface area contributed by atoms with Gasteiger partial charge in [0.1, 0.15) is 0 Å². The minimum atomic E-state index is -3.41. The molecule has 0 bridgehead atoms. The van der Waals surface area contributed by atoms with Crippen LogP contribution in [0.1, 0.15) is 20.8 Å². The number of aliphatic imine (C=N–C) groups is 1. The van der Waals surface area contributed by atoms with Crippen molar-refractivity contribution < 1.29 is 18.3 Å². The summed E-state index contributed by atoms with van der Waals surface area (Å²) in [5, 5.41) is 8.89. The van der Waals surface area contributed by atoms with Gasteiger partial charge < -0.3 is 9.84 Å². The molecule has 0 heterocycles. The molecular weight excluding hydrogens is 218 g/mol. The molecule has 0 spiro atoms. The van der Waals surface area contributed by atoms with Crippen molar-refractivity contribution in [1.29, 1.82) is 0 Å². The molecule has 15 heavy (non-hydrogen) atoms. The molecule has 0 saturated carbocycles. The molecule has 1 unspecified atom stereocenters. The first-order chi connectivity index (χ1) is 6.86. The van der Waals surface area contributed by atoms with Crippen LogP contribution in [0.2, 0.25) is 0 Å². The summed E-state index contributed by atoms with van der Waals surface area (Å²) in [6.07, 6.45) is 0. The summed E-state index contributed by atoms with van der Waals surface area (Å²) in [7, 11) is -3.41. The third kappa shape index (κ3) is 7.47. The number of sulfone groups is 1. The van der Waals surface area contributed by atoms with E-state index in [1.807, 2.05) is 13.8 Å². The molecule has 0 fully saturated rings. The van der Waals surface area contributed by atoms with Crippen LogP contribution in [0.15, 0.2) is 4.99 Å². The number of aliphatic hydroxyl groups is 1. The van der Waals surface area contributed by atoms with Crippen LogP contribution in [0.3, 0.4) is 0 Å². The second kappa shape index (κ2) is 6.92. The molecule has 0 aromatic rings. The zero-order valence-corrected chi connectivity index (χ0v) is 10.2. The van der Waals surface area contributed by atoms with Crippen LogP contribution in [-0.4, -0.2) is 50.2 Å². The number of hydrogen-bond acceptors (Lipinski definition) is 5. The second-order valence-electron chi connectivity index (χ2n) is 3.41. The Bertz CT molecular complexity index is 291. The standard InChI is InChI=1S/C9H19NO4S/c1-8(2)10-4-5-14-6-7-15(12,13)9(3)11/h9,11H,4-7H2,1-3H3. The zero-order chi connectivity index (χ0) is 11.9. The first kappa shape index (κ1) is 14.5. The van der Waals surface area contributed by atoms with E-state index in [9.17, 15) is 8.42 Å². The number of aliphatic hydroxyl groups excluding tert-OH is 1. The van der Waals surface area contributed by atoms with Crippen molar-refractivity contribution >= 4 is 15.5 Å². The molecule has 0 saturated heterocycles. The number of hydrogen-bond donors (Lipinski definition) is 1. The number of ether oxygens (including phenoxy) is 1. The first-order valence-electron chi connectivity index (χ1n) is 4.81. The maximum atomic E-state index is 11.1. The van der Waals surface area contributed by atoms with Gasteiger partial charge in [-0.15, -0.1) is 0 Å². The molecule has 0 aliphatic rings. The van der Waals surface area contributed by atoms with E-state index < -0.39 is 15.3 Å². The van der Waals surface area contributed by atoms with E-state index in [1.165, 1.54) is 6.92 Å². The maximum absolute atomic E-state index is 11.1. The Morgan fingerprint density at radius 1 is 1.40 bits per heavy atom. The van der Waals surface area contributed by atoms with Gasteiger partial charge in [0, 0.05) is 5.71 Å². The molecule has 1 atom stereocenters. The van der Waals surface area contributed by atoms with Gasteiger partial charge >= 0.3 is 0 Å². The van der Waals surface area contributed by atoms with E-state index in [0.29, 0.717) is 13.2 Å². The average molecular weight is 237 g/mol. The molecular formula is C9H19NO4S. The average Bonchev–Trinajstić information content (AvgIpc) is 2.10. The van der Waals surface area contributed by atoms with E-state index >= 15 is 0 Å². The van der Waals surface area contributed by atoms with Crippen molar-refractivity contribution in [2.45, 2.75) is 26.2 Å². The molecule has 0 aliphatic carbocycles. The normalized spacial score (nSPS) is 13.6. The highest BCUT2D eigenvalue weighted by Gasteiger charge is 2.16. The fraction of sp³-hybridized carbons (Fsp3) is 0.889. The van der Waals surface area contributed by atoms with Crippen LogP contribution in [0, 0.1) is 0 Å². The van der Waals surface area contributed by atoms with Crippen molar-refractivity contribution in [1.82, 2.24) is 0 Å². The number of nitrogens with zero attached hydrogens (tertiary/aromatic N) is 1. The van der Waals surface area contributed by atoms with E-state index in [0.717, 1.165) is 5.71 Å². The molecule has 6 heteroatoms. The summed E-state index contributed by atoms with van der Waals surface area (Å²) in [6, 6.07) is 0. The summed E-state index contributed by atoms with van der Waals surface area (Å²) in [5.74, 6) is -0.153. The summed E-state index contributed by atoms with van der Waals surface area (Å²) in [4.78, 5) is 4.09. The Morgan fingerprint density at radius 2 is 2.00 bits per heavy atom. The van der Waals surface area contributed by atoms with Gasteiger partial charge in [-0.2, -0.15) is 0 Å². The third-order valence-electron chi connectivity index (χ3n) is 1.70. The lowest BCUT2D eigenvalue weighted by molar-refractivity contribution is 0.156. The highest BCUT2D eigenvalue weighted by atomic mass is 32.2. The van der Waals surface area contributed by atoms with E-state index in [4.69, 9.17) is 9.84 Å². The largest absolute Gasteiger partial charge is 0.378 e. The molecule has 1 N–H and O–H groups in total. The fourth-order valence-corrected chi connectivity index (χ4v) is 1.47. The van der Waals surface area contributed by atoms with Crippen LogP contribution in [-0.2, 0) is 14.6 Å². The Balaban J connectivity index is 3.60. The first-order valence-corrected chi connectivity index (χ1v) is 6.53. The predicted octanol–water partition coefficient (Wildman–Crippen LogP) is 0.237. The number of rotatable bonds is 7. The van der Waals surface area contributed by atoms with Crippen molar-refractivity contribution in [2.24, 2.45) is 4.99 Å². The molecule has 0 amide bonds. The van der Waals surface area contributed by atoms with Crippen LogP contribution in [0.4, 0.5) is 0 Å². The highest BCUT2D eigenvalue weighted by Crippen LogP contribution is 1.97. The third-order valence-corrected chi connectivity index (χ3v) is 3.47. The molecule has 0 aliphatic heterocycles. The Kier molecular flexibility index (Phi) is 6.71. The van der Waals surface area contributed by atoms with Gasteiger partial charge in [-0.1, -0.05) is 0 Å². The smallest absolute Gasteiger partial charge is 0.178 e. The quantitative estimate of drug-likeness (QED) is 0.508.